The minimum atomic E-state index is -0.977. The summed E-state index contributed by atoms with van der Waals surface area (Å²) in [7, 11) is 0. The summed E-state index contributed by atoms with van der Waals surface area (Å²) in [6, 6.07) is 15.3. The van der Waals surface area contributed by atoms with Gasteiger partial charge in [0.1, 0.15) is 6.04 Å². The average molecular weight is 487 g/mol. The van der Waals surface area contributed by atoms with E-state index in [1.807, 2.05) is 31.2 Å². The number of pyridine rings is 1. The molecule has 3 amide bonds. The van der Waals surface area contributed by atoms with Crippen LogP contribution in [-0.2, 0) is 4.79 Å². The molecule has 8 heteroatoms. The zero-order valence-corrected chi connectivity index (χ0v) is 20.6. The molecule has 0 radical (unpaired) electrons. The molecule has 3 aromatic rings. The third-order valence-electron chi connectivity index (χ3n) is 6.43. The maximum atomic E-state index is 13.0. The Bertz CT molecular complexity index is 1270. The molecule has 0 saturated carbocycles. The molecule has 36 heavy (non-hydrogen) atoms. The SMILES string of the molecule is Cc1cc(C(=O)O)ccc1-c1ccc(NC(=O)[C@H]2CCCN2C(=O)Nc2ccc(C(C)C)cc2)cn1. The molecule has 1 aliphatic heterocycles. The summed E-state index contributed by atoms with van der Waals surface area (Å²) in [5.41, 5.74) is 4.93. The molecule has 0 unspecified atom stereocenters. The second-order valence-electron chi connectivity index (χ2n) is 9.31. The largest absolute Gasteiger partial charge is 0.478 e. The fraction of sp³-hybridized carbons (Fsp3) is 0.286. The van der Waals surface area contributed by atoms with E-state index >= 15 is 0 Å². The lowest BCUT2D eigenvalue weighted by Crippen LogP contribution is -2.45. The molecule has 1 saturated heterocycles. The number of hydrogen-bond donors (Lipinski definition) is 3. The number of rotatable bonds is 6. The van der Waals surface area contributed by atoms with Crippen molar-refractivity contribution in [1.82, 2.24) is 9.88 Å². The number of nitrogens with one attached hydrogen (secondary N) is 2. The van der Waals surface area contributed by atoms with E-state index in [1.165, 1.54) is 5.56 Å². The number of amides is 3. The first-order valence-electron chi connectivity index (χ1n) is 12.0. The summed E-state index contributed by atoms with van der Waals surface area (Å²) in [6.07, 6.45) is 2.90. The second kappa shape index (κ2) is 10.6. The Morgan fingerprint density at radius 3 is 2.33 bits per heavy atom. The maximum absolute atomic E-state index is 13.0. The lowest BCUT2D eigenvalue weighted by Gasteiger charge is -2.24. The van der Waals surface area contributed by atoms with E-state index in [0.29, 0.717) is 36.0 Å². The van der Waals surface area contributed by atoms with Gasteiger partial charge in [-0.3, -0.25) is 9.78 Å². The number of aromatic carboxylic acids is 1. The van der Waals surface area contributed by atoms with Crippen LogP contribution in [0.15, 0.2) is 60.8 Å². The molecule has 2 heterocycles. The highest BCUT2D eigenvalue weighted by atomic mass is 16.4. The first-order valence-corrected chi connectivity index (χ1v) is 12.0. The van der Waals surface area contributed by atoms with Gasteiger partial charge >= 0.3 is 12.0 Å². The van der Waals surface area contributed by atoms with Gasteiger partial charge in [0.2, 0.25) is 5.91 Å². The van der Waals surface area contributed by atoms with E-state index in [4.69, 9.17) is 5.11 Å². The highest BCUT2D eigenvalue weighted by molar-refractivity contribution is 5.99. The van der Waals surface area contributed by atoms with Gasteiger partial charge in [-0.25, -0.2) is 9.59 Å². The maximum Gasteiger partial charge on any atom is 0.335 e. The van der Waals surface area contributed by atoms with Gasteiger partial charge in [0, 0.05) is 17.8 Å². The molecule has 1 aromatic heterocycles. The molecule has 1 fully saturated rings. The Labute approximate surface area is 210 Å². The number of nitrogens with zero attached hydrogens (tertiary/aromatic N) is 2. The first kappa shape index (κ1) is 24.9. The fourth-order valence-electron chi connectivity index (χ4n) is 4.37. The number of benzene rings is 2. The molecule has 1 aliphatic rings. The number of carboxylic acids is 1. The van der Waals surface area contributed by atoms with Gasteiger partial charge < -0.3 is 20.6 Å². The van der Waals surface area contributed by atoms with Crippen molar-refractivity contribution in [2.75, 3.05) is 17.2 Å². The molecule has 0 bridgehead atoms. The smallest absolute Gasteiger partial charge is 0.335 e. The van der Waals surface area contributed by atoms with Gasteiger partial charge in [-0.05, 0) is 73.2 Å². The van der Waals surface area contributed by atoms with E-state index in [9.17, 15) is 14.4 Å². The summed E-state index contributed by atoms with van der Waals surface area (Å²) < 4.78 is 0. The Balaban J connectivity index is 1.39. The van der Waals surface area contributed by atoms with Crippen molar-refractivity contribution in [1.29, 1.82) is 0 Å². The molecular formula is C28H30N4O4. The minimum Gasteiger partial charge on any atom is -0.478 e. The summed E-state index contributed by atoms with van der Waals surface area (Å²) in [6.45, 7) is 6.57. The number of carboxylic acid groups (broad SMARTS) is 1. The van der Waals surface area contributed by atoms with Gasteiger partial charge in [-0.2, -0.15) is 0 Å². The molecule has 0 aliphatic carbocycles. The number of carbonyl (C=O) groups is 3. The van der Waals surface area contributed by atoms with Gasteiger partial charge in [0.15, 0.2) is 0 Å². The molecule has 8 nitrogen and oxygen atoms in total. The summed E-state index contributed by atoms with van der Waals surface area (Å²) in [5.74, 6) is -0.824. The molecule has 2 aromatic carbocycles. The van der Waals surface area contributed by atoms with Crippen LogP contribution in [0.3, 0.4) is 0 Å². The van der Waals surface area contributed by atoms with Crippen LogP contribution >= 0.6 is 0 Å². The van der Waals surface area contributed by atoms with Crippen LogP contribution in [0.5, 0.6) is 0 Å². The number of aryl methyl sites for hydroxylation is 1. The van der Waals surface area contributed by atoms with Crippen LogP contribution < -0.4 is 10.6 Å². The highest BCUT2D eigenvalue weighted by Gasteiger charge is 2.34. The van der Waals surface area contributed by atoms with Crippen molar-refractivity contribution < 1.29 is 19.5 Å². The Morgan fingerprint density at radius 1 is 1.00 bits per heavy atom. The third kappa shape index (κ3) is 5.54. The third-order valence-corrected chi connectivity index (χ3v) is 6.43. The summed E-state index contributed by atoms with van der Waals surface area (Å²) >= 11 is 0. The van der Waals surface area contributed by atoms with E-state index in [-0.39, 0.29) is 17.5 Å². The van der Waals surface area contributed by atoms with Crippen molar-refractivity contribution in [3.8, 4) is 11.3 Å². The van der Waals surface area contributed by atoms with Crippen LogP contribution in [0.2, 0.25) is 0 Å². The van der Waals surface area contributed by atoms with Crippen LogP contribution in [0.4, 0.5) is 16.2 Å². The standard InChI is InChI=1S/C28H30N4O4/c1-17(2)19-6-9-21(10-7-19)31-28(36)32-14-4-5-25(32)26(33)30-22-11-13-24(29-16-22)23-12-8-20(27(34)35)15-18(23)3/h6-13,15-17,25H,4-5,14H2,1-3H3,(H,30,33)(H,31,36)(H,34,35)/t25-/m1/s1. The monoisotopic (exact) mass is 486 g/mol. The van der Waals surface area contributed by atoms with Crippen molar-refractivity contribution in [2.45, 2.75) is 45.6 Å². The molecule has 0 spiro atoms. The van der Waals surface area contributed by atoms with Crippen molar-refractivity contribution in [3.05, 3.63) is 77.5 Å². The van der Waals surface area contributed by atoms with Crippen LogP contribution in [0.25, 0.3) is 11.3 Å². The molecule has 186 valence electrons. The molecular weight excluding hydrogens is 456 g/mol. The van der Waals surface area contributed by atoms with Crippen LogP contribution in [0.1, 0.15) is 54.1 Å². The highest BCUT2D eigenvalue weighted by Crippen LogP contribution is 2.25. The van der Waals surface area contributed by atoms with Crippen LogP contribution in [-0.4, -0.2) is 45.5 Å². The van der Waals surface area contributed by atoms with Gasteiger partial charge in [0.25, 0.3) is 0 Å². The Hall–Kier alpha value is -4.20. The van der Waals surface area contributed by atoms with Crippen molar-refractivity contribution >= 4 is 29.3 Å². The lowest BCUT2D eigenvalue weighted by molar-refractivity contribution is -0.119. The van der Waals surface area contributed by atoms with Crippen molar-refractivity contribution in [2.24, 2.45) is 0 Å². The summed E-state index contributed by atoms with van der Waals surface area (Å²) in [4.78, 5) is 43.1. The number of carbonyl (C=O) groups excluding carboxylic acids is 2. The van der Waals surface area contributed by atoms with E-state index in [1.54, 1.807) is 41.4 Å². The quantitative estimate of drug-likeness (QED) is 0.425. The number of hydrogen-bond acceptors (Lipinski definition) is 4. The Kier molecular flexibility index (Phi) is 7.33. The zero-order valence-electron chi connectivity index (χ0n) is 20.6. The van der Waals surface area contributed by atoms with E-state index < -0.39 is 12.0 Å². The normalized spacial score (nSPS) is 15.1. The first-order chi connectivity index (χ1) is 17.2. The number of urea groups is 1. The number of aromatic nitrogens is 1. The van der Waals surface area contributed by atoms with E-state index in [0.717, 1.165) is 17.5 Å². The van der Waals surface area contributed by atoms with Gasteiger partial charge in [-0.15, -0.1) is 0 Å². The Morgan fingerprint density at radius 2 is 1.72 bits per heavy atom. The predicted molar refractivity (Wildman–Crippen MR) is 139 cm³/mol. The fourth-order valence-corrected chi connectivity index (χ4v) is 4.37. The van der Waals surface area contributed by atoms with Gasteiger partial charge in [-0.1, -0.05) is 32.0 Å². The lowest BCUT2D eigenvalue weighted by atomic mass is 10.0. The molecule has 1 atom stereocenters. The second-order valence-corrected chi connectivity index (χ2v) is 9.31. The van der Waals surface area contributed by atoms with Gasteiger partial charge in [0.05, 0.1) is 23.1 Å². The number of anilines is 2. The summed E-state index contributed by atoms with van der Waals surface area (Å²) in [5, 5.41) is 14.9. The molecule has 3 N–H and O–H groups in total. The molecule has 4 rings (SSSR count). The van der Waals surface area contributed by atoms with Crippen molar-refractivity contribution in [3.63, 3.8) is 0 Å². The topological polar surface area (TPSA) is 112 Å². The predicted octanol–water partition coefficient (Wildman–Crippen LogP) is 5.51. The van der Waals surface area contributed by atoms with E-state index in [2.05, 4.69) is 29.5 Å². The minimum absolute atomic E-state index is 0.220. The average Bonchev–Trinajstić information content (AvgIpc) is 3.35. The number of likely N-dealkylation sites (tertiary alicyclic amines) is 1. The zero-order chi connectivity index (χ0) is 25.8. The van der Waals surface area contributed by atoms with Crippen LogP contribution in [0, 0.1) is 6.92 Å².